The van der Waals surface area contributed by atoms with Crippen LogP contribution in [-0.4, -0.2) is 64.6 Å². The first-order chi connectivity index (χ1) is 11.7. The van der Waals surface area contributed by atoms with Gasteiger partial charge in [0, 0.05) is 51.7 Å². The largest absolute Gasteiger partial charge is 0.484 e. The minimum absolute atomic E-state index is 0.0609. The summed E-state index contributed by atoms with van der Waals surface area (Å²) in [6.45, 7) is 7.38. The van der Waals surface area contributed by atoms with Crippen LogP contribution in [0.5, 0.6) is 5.75 Å². The zero-order valence-corrected chi connectivity index (χ0v) is 14.1. The maximum absolute atomic E-state index is 12.3. The number of nitrogens with zero attached hydrogens (tertiary/aromatic N) is 4. The molecule has 0 bridgehead atoms. The monoisotopic (exact) mass is 328 g/mol. The zero-order valence-electron chi connectivity index (χ0n) is 14.1. The van der Waals surface area contributed by atoms with E-state index in [1.165, 1.54) is 0 Å². The fourth-order valence-electron chi connectivity index (χ4n) is 2.84. The standard InChI is InChI=1S/C18H24N4O2/c1-16-3-2-4-17(13-16)24-14-18(23)22-11-9-20(10-12-22)7-8-21-6-5-19-15-21/h2-6,13,15H,7-12,14H2,1H3. The third kappa shape index (κ3) is 4.58. The highest BCUT2D eigenvalue weighted by Gasteiger charge is 2.21. The van der Waals surface area contributed by atoms with Gasteiger partial charge in [-0.3, -0.25) is 9.69 Å². The number of piperazine rings is 1. The van der Waals surface area contributed by atoms with E-state index in [0.717, 1.165) is 50.6 Å². The number of aromatic nitrogens is 2. The van der Waals surface area contributed by atoms with E-state index < -0.39 is 0 Å². The molecule has 1 amide bonds. The molecule has 1 aliphatic heterocycles. The molecule has 3 rings (SSSR count). The van der Waals surface area contributed by atoms with Crippen molar-refractivity contribution in [3.8, 4) is 5.75 Å². The topological polar surface area (TPSA) is 50.6 Å². The average molecular weight is 328 g/mol. The Balaban J connectivity index is 1.38. The van der Waals surface area contributed by atoms with Gasteiger partial charge in [-0.25, -0.2) is 4.98 Å². The molecule has 0 atom stereocenters. The van der Waals surface area contributed by atoms with Gasteiger partial charge >= 0.3 is 0 Å². The van der Waals surface area contributed by atoms with Crippen molar-refractivity contribution >= 4 is 5.91 Å². The molecular weight excluding hydrogens is 304 g/mol. The molecular formula is C18H24N4O2. The molecule has 0 spiro atoms. The number of amides is 1. The lowest BCUT2D eigenvalue weighted by atomic mass is 10.2. The minimum Gasteiger partial charge on any atom is -0.484 e. The molecule has 0 saturated carbocycles. The second-order valence-corrected chi connectivity index (χ2v) is 6.13. The number of ether oxygens (including phenoxy) is 1. The molecule has 0 radical (unpaired) electrons. The average Bonchev–Trinajstić information content (AvgIpc) is 3.12. The molecule has 0 unspecified atom stereocenters. The summed E-state index contributed by atoms with van der Waals surface area (Å²) in [5.74, 6) is 0.813. The highest BCUT2D eigenvalue weighted by atomic mass is 16.5. The summed E-state index contributed by atoms with van der Waals surface area (Å²) in [4.78, 5) is 20.6. The second kappa shape index (κ2) is 7.97. The lowest BCUT2D eigenvalue weighted by Gasteiger charge is -2.34. The van der Waals surface area contributed by atoms with E-state index in [9.17, 15) is 4.79 Å². The zero-order chi connectivity index (χ0) is 16.8. The van der Waals surface area contributed by atoms with Crippen LogP contribution in [0, 0.1) is 6.92 Å². The predicted octanol–water partition coefficient (Wildman–Crippen LogP) is 1.41. The van der Waals surface area contributed by atoms with Crippen molar-refractivity contribution in [1.82, 2.24) is 19.4 Å². The van der Waals surface area contributed by atoms with E-state index >= 15 is 0 Å². The maximum Gasteiger partial charge on any atom is 0.260 e. The number of aryl methyl sites for hydroxylation is 1. The Morgan fingerprint density at radius 3 is 2.75 bits per heavy atom. The Morgan fingerprint density at radius 1 is 1.21 bits per heavy atom. The van der Waals surface area contributed by atoms with E-state index in [1.54, 1.807) is 6.20 Å². The molecule has 128 valence electrons. The van der Waals surface area contributed by atoms with Gasteiger partial charge < -0.3 is 14.2 Å². The van der Waals surface area contributed by atoms with Gasteiger partial charge in [0.25, 0.3) is 5.91 Å². The van der Waals surface area contributed by atoms with E-state index in [-0.39, 0.29) is 12.5 Å². The molecule has 2 heterocycles. The van der Waals surface area contributed by atoms with Crippen molar-refractivity contribution < 1.29 is 9.53 Å². The maximum atomic E-state index is 12.3. The number of benzene rings is 1. The molecule has 6 nitrogen and oxygen atoms in total. The molecule has 1 aromatic carbocycles. The molecule has 2 aromatic rings. The van der Waals surface area contributed by atoms with Gasteiger partial charge in [-0.2, -0.15) is 0 Å². The number of carbonyl (C=O) groups is 1. The summed E-state index contributed by atoms with van der Waals surface area (Å²) in [7, 11) is 0. The van der Waals surface area contributed by atoms with Crippen molar-refractivity contribution in [2.24, 2.45) is 0 Å². The van der Waals surface area contributed by atoms with Gasteiger partial charge in [0.2, 0.25) is 0 Å². The summed E-state index contributed by atoms with van der Waals surface area (Å²) in [6, 6.07) is 7.78. The summed E-state index contributed by atoms with van der Waals surface area (Å²) < 4.78 is 7.69. The minimum atomic E-state index is 0.0609. The lowest BCUT2D eigenvalue weighted by Crippen LogP contribution is -2.50. The van der Waals surface area contributed by atoms with Crippen LogP contribution in [0.2, 0.25) is 0 Å². The van der Waals surface area contributed by atoms with Crippen molar-refractivity contribution in [3.63, 3.8) is 0 Å². The van der Waals surface area contributed by atoms with Crippen molar-refractivity contribution in [1.29, 1.82) is 0 Å². The summed E-state index contributed by atoms with van der Waals surface area (Å²) in [5.41, 5.74) is 1.13. The molecule has 1 saturated heterocycles. The molecule has 0 aliphatic carbocycles. The SMILES string of the molecule is Cc1cccc(OCC(=O)N2CCN(CCn3ccnc3)CC2)c1. The first-order valence-corrected chi connectivity index (χ1v) is 8.36. The van der Waals surface area contributed by atoms with E-state index in [1.807, 2.05) is 48.6 Å². The summed E-state index contributed by atoms with van der Waals surface area (Å²) in [6.07, 6.45) is 5.61. The van der Waals surface area contributed by atoms with Crippen molar-refractivity contribution in [3.05, 3.63) is 48.5 Å². The number of hydrogen-bond donors (Lipinski definition) is 0. The normalized spacial score (nSPS) is 15.5. The van der Waals surface area contributed by atoms with Gasteiger partial charge in [0.1, 0.15) is 5.75 Å². The lowest BCUT2D eigenvalue weighted by molar-refractivity contribution is -0.135. The number of rotatable bonds is 6. The van der Waals surface area contributed by atoms with Crippen LogP contribution in [0.4, 0.5) is 0 Å². The van der Waals surface area contributed by atoms with Crippen LogP contribution in [0.25, 0.3) is 0 Å². The number of carbonyl (C=O) groups excluding carboxylic acids is 1. The Bertz CT molecular complexity index is 649. The van der Waals surface area contributed by atoms with Gasteiger partial charge in [-0.15, -0.1) is 0 Å². The van der Waals surface area contributed by atoms with Crippen LogP contribution < -0.4 is 4.74 Å². The molecule has 1 aromatic heterocycles. The number of hydrogen-bond acceptors (Lipinski definition) is 4. The second-order valence-electron chi connectivity index (χ2n) is 6.13. The smallest absolute Gasteiger partial charge is 0.260 e. The fraction of sp³-hybridized carbons (Fsp3) is 0.444. The predicted molar refractivity (Wildman–Crippen MR) is 91.9 cm³/mol. The van der Waals surface area contributed by atoms with Crippen molar-refractivity contribution in [2.75, 3.05) is 39.3 Å². The van der Waals surface area contributed by atoms with Crippen LogP contribution >= 0.6 is 0 Å². The fourth-order valence-corrected chi connectivity index (χ4v) is 2.84. The van der Waals surface area contributed by atoms with Crippen LogP contribution in [0.15, 0.2) is 43.0 Å². The van der Waals surface area contributed by atoms with Gasteiger partial charge in [-0.05, 0) is 24.6 Å². The third-order valence-electron chi connectivity index (χ3n) is 4.31. The highest BCUT2D eigenvalue weighted by molar-refractivity contribution is 5.77. The summed E-state index contributed by atoms with van der Waals surface area (Å²) in [5, 5.41) is 0. The Morgan fingerprint density at radius 2 is 2.04 bits per heavy atom. The van der Waals surface area contributed by atoms with E-state index in [4.69, 9.17) is 4.74 Å². The number of imidazole rings is 1. The third-order valence-corrected chi connectivity index (χ3v) is 4.31. The van der Waals surface area contributed by atoms with Gasteiger partial charge in [0.15, 0.2) is 6.61 Å². The Kier molecular flexibility index (Phi) is 5.48. The highest BCUT2D eigenvalue weighted by Crippen LogP contribution is 2.12. The van der Waals surface area contributed by atoms with Crippen LogP contribution in [0.1, 0.15) is 5.56 Å². The molecule has 24 heavy (non-hydrogen) atoms. The molecule has 0 N–H and O–H groups in total. The summed E-state index contributed by atoms with van der Waals surface area (Å²) >= 11 is 0. The van der Waals surface area contributed by atoms with Crippen LogP contribution in [-0.2, 0) is 11.3 Å². The first-order valence-electron chi connectivity index (χ1n) is 8.36. The van der Waals surface area contributed by atoms with Crippen molar-refractivity contribution in [2.45, 2.75) is 13.5 Å². The van der Waals surface area contributed by atoms with Crippen LogP contribution in [0.3, 0.4) is 0 Å². The molecule has 6 heteroatoms. The molecule has 1 fully saturated rings. The Labute approximate surface area is 142 Å². The molecule has 1 aliphatic rings. The Hall–Kier alpha value is -2.34. The van der Waals surface area contributed by atoms with E-state index in [0.29, 0.717) is 0 Å². The first kappa shape index (κ1) is 16.5. The van der Waals surface area contributed by atoms with E-state index in [2.05, 4.69) is 14.5 Å². The quantitative estimate of drug-likeness (QED) is 0.805. The van der Waals surface area contributed by atoms with Gasteiger partial charge in [0.05, 0.1) is 6.33 Å². The van der Waals surface area contributed by atoms with Gasteiger partial charge in [-0.1, -0.05) is 12.1 Å².